The largest absolute Gasteiger partial charge is 0.496 e. The highest BCUT2D eigenvalue weighted by molar-refractivity contribution is 9.10. The van der Waals surface area contributed by atoms with E-state index in [9.17, 15) is 9.59 Å². The number of halogens is 1. The van der Waals surface area contributed by atoms with E-state index in [1.807, 2.05) is 18.2 Å². The number of methoxy groups -OCH3 is 1. The van der Waals surface area contributed by atoms with Crippen molar-refractivity contribution in [3.8, 4) is 11.5 Å². The molecule has 7 heteroatoms. The second-order valence-electron chi connectivity index (χ2n) is 4.87. The van der Waals surface area contributed by atoms with Gasteiger partial charge in [0.25, 0.3) is 11.8 Å². The second kappa shape index (κ2) is 8.35. The number of ether oxygens (including phenoxy) is 2. The zero-order valence-electron chi connectivity index (χ0n) is 13.2. The lowest BCUT2D eigenvalue weighted by molar-refractivity contribution is -0.128. The zero-order valence-corrected chi connectivity index (χ0v) is 14.8. The highest BCUT2D eigenvalue weighted by Crippen LogP contribution is 2.25. The Morgan fingerprint density at radius 3 is 2.42 bits per heavy atom. The fourth-order valence-electron chi connectivity index (χ4n) is 1.86. The molecule has 0 aliphatic rings. The summed E-state index contributed by atoms with van der Waals surface area (Å²) in [6.45, 7) is 1.60. The van der Waals surface area contributed by atoms with E-state index in [4.69, 9.17) is 9.47 Å². The number of carbonyl (C=O) groups excluding carboxylic acids is 2. The minimum atomic E-state index is -0.754. The molecule has 0 radical (unpaired) electrons. The smallest absolute Gasteiger partial charge is 0.279 e. The lowest BCUT2D eigenvalue weighted by Crippen LogP contribution is -2.47. The Labute approximate surface area is 148 Å². The molecule has 0 aliphatic heterocycles. The van der Waals surface area contributed by atoms with Crippen LogP contribution in [0.5, 0.6) is 11.5 Å². The van der Waals surface area contributed by atoms with Crippen LogP contribution in [0, 0.1) is 0 Å². The number of rotatable bonds is 5. The van der Waals surface area contributed by atoms with Crippen molar-refractivity contribution in [1.29, 1.82) is 0 Å². The molecule has 0 bridgehead atoms. The summed E-state index contributed by atoms with van der Waals surface area (Å²) in [5.74, 6) is 0.282. The van der Waals surface area contributed by atoms with Gasteiger partial charge in [-0.25, -0.2) is 0 Å². The van der Waals surface area contributed by atoms with Crippen LogP contribution in [0.3, 0.4) is 0 Å². The molecule has 2 rings (SSSR count). The number of amides is 2. The average molecular weight is 393 g/mol. The molecule has 0 spiro atoms. The number of hydrazine groups is 1. The number of para-hydroxylation sites is 1. The second-order valence-corrected chi connectivity index (χ2v) is 5.72. The number of nitrogens with one attached hydrogen (secondary N) is 2. The normalized spacial score (nSPS) is 11.3. The molecule has 0 saturated carbocycles. The van der Waals surface area contributed by atoms with E-state index in [-0.39, 0.29) is 0 Å². The molecule has 2 aromatic carbocycles. The molecule has 0 aliphatic carbocycles. The third kappa shape index (κ3) is 4.73. The van der Waals surface area contributed by atoms with Crippen molar-refractivity contribution < 1.29 is 19.1 Å². The Morgan fingerprint density at radius 1 is 1.08 bits per heavy atom. The van der Waals surface area contributed by atoms with Crippen LogP contribution in [-0.2, 0) is 4.79 Å². The van der Waals surface area contributed by atoms with Crippen molar-refractivity contribution in [2.24, 2.45) is 0 Å². The summed E-state index contributed by atoms with van der Waals surface area (Å²) in [7, 11) is 1.54. The van der Waals surface area contributed by atoms with E-state index in [1.54, 1.807) is 37.3 Å². The standard InChI is InChI=1S/C17H17BrN2O4/c1-11(24-13-6-4-3-5-7-13)16(21)19-20-17(22)12-8-9-15(23-2)14(18)10-12/h3-11H,1-2H3,(H,19,21)(H,20,22). The average Bonchev–Trinajstić information content (AvgIpc) is 2.60. The summed E-state index contributed by atoms with van der Waals surface area (Å²) in [5.41, 5.74) is 5.06. The summed E-state index contributed by atoms with van der Waals surface area (Å²) in [6.07, 6.45) is -0.754. The SMILES string of the molecule is COc1ccc(C(=O)NNC(=O)C(C)Oc2ccccc2)cc1Br. The number of hydrogen-bond donors (Lipinski definition) is 2. The van der Waals surface area contributed by atoms with Crippen molar-refractivity contribution in [2.75, 3.05) is 7.11 Å². The molecule has 2 N–H and O–H groups in total. The highest BCUT2D eigenvalue weighted by atomic mass is 79.9. The number of benzene rings is 2. The molecule has 0 aromatic heterocycles. The fourth-order valence-corrected chi connectivity index (χ4v) is 2.40. The van der Waals surface area contributed by atoms with E-state index >= 15 is 0 Å². The molecule has 6 nitrogen and oxygen atoms in total. The van der Waals surface area contributed by atoms with Crippen molar-refractivity contribution in [3.05, 3.63) is 58.6 Å². The van der Waals surface area contributed by atoms with E-state index < -0.39 is 17.9 Å². The summed E-state index contributed by atoms with van der Waals surface area (Å²) >= 11 is 3.30. The monoisotopic (exact) mass is 392 g/mol. The predicted octanol–water partition coefficient (Wildman–Crippen LogP) is 2.69. The van der Waals surface area contributed by atoms with Gasteiger partial charge < -0.3 is 9.47 Å². The van der Waals surface area contributed by atoms with Crippen LogP contribution >= 0.6 is 15.9 Å². The lowest BCUT2D eigenvalue weighted by atomic mass is 10.2. The van der Waals surface area contributed by atoms with Gasteiger partial charge in [0.2, 0.25) is 0 Å². The van der Waals surface area contributed by atoms with Gasteiger partial charge in [-0.3, -0.25) is 20.4 Å². The van der Waals surface area contributed by atoms with Crippen molar-refractivity contribution in [3.63, 3.8) is 0 Å². The van der Waals surface area contributed by atoms with Gasteiger partial charge in [0.05, 0.1) is 11.6 Å². The van der Waals surface area contributed by atoms with Gasteiger partial charge in [0.15, 0.2) is 6.10 Å². The van der Waals surface area contributed by atoms with E-state index in [2.05, 4.69) is 26.8 Å². The quantitative estimate of drug-likeness (QED) is 0.766. The lowest BCUT2D eigenvalue weighted by Gasteiger charge is -2.15. The van der Waals surface area contributed by atoms with Gasteiger partial charge in [0.1, 0.15) is 11.5 Å². The van der Waals surface area contributed by atoms with Gasteiger partial charge in [-0.1, -0.05) is 18.2 Å². The topological polar surface area (TPSA) is 76.7 Å². The van der Waals surface area contributed by atoms with Gasteiger partial charge in [-0.2, -0.15) is 0 Å². The first kappa shape index (κ1) is 17.8. The van der Waals surface area contributed by atoms with Crippen LogP contribution in [-0.4, -0.2) is 25.0 Å². The van der Waals surface area contributed by atoms with E-state index in [0.717, 1.165) is 0 Å². The molecular weight excluding hydrogens is 376 g/mol. The first-order valence-electron chi connectivity index (χ1n) is 7.16. The molecule has 2 amide bonds. The van der Waals surface area contributed by atoms with Crippen molar-refractivity contribution >= 4 is 27.7 Å². The van der Waals surface area contributed by atoms with Crippen LogP contribution in [0.15, 0.2) is 53.0 Å². The molecular formula is C17H17BrN2O4. The summed E-state index contributed by atoms with van der Waals surface area (Å²) < 4.78 is 11.2. The van der Waals surface area contributed by atoms with E-state index in [0.29, 0.717) is 21.5 Å². The fraction of sp³-hybridized carbons (Fsp3) is 0.176. The van der Waals surface area contributed by atoms with Gasteiger partial charge >= 0.3 is 0 Å². The molecule has 24 heavy (non-hydrogen) atoms. The molecule has 126 valence electrons. The maximum atomic E-state index is 12.1. The van der Waals surface area contributed by atoms with Crippen LogP contribution in [0.4, 0.5) is 0 Å². The van der Waals surface area contributed by atoms with Crippen LogP contribution in [0.2, 0.25) is 0 Å². The third-order valence-electron chi connectivity index (χ3n) is 3.14. The molecule has 0 fully saturated rings. The van der Waals surface area contributed by atoms with E-state index in [1.165, 1.54) is 7.11 Å². The third-order valence-corrected chi connectivity index (χ3v) is 3.76. The van der Waals surface area contributed by atoms with Crippen molar-refractivity contribution in [1.82, 2.24) is 10.9 Å². The Kier molecular flexibility index (Phi) is 6.20. The van der Waals surface area contributed by atoms with Gasteiger partial charge in [-0.05, 0) is 53.2 Å². The Morgan fingerprint density at radius 2 is 1.79 bits per heavy atom. The van der Waals surface area contributed by atoms with Crippen LogP contribution in [0.25, 0.3) is 0 Å². The zero-order chi connectivity index (χ0) is 17.5. The number of hydrogen-bond acceptors (Lipinski definition) is 4. The molecule has 2 aromatic rings. The summed E-state index contributed by atoms with van der Waals surface area (Å²) in [6, 6.07) is 13.8. The minimum absolute atomic E-state index is 0.375. The first-order valence-corrected chi connectivity index (χ1v) is 7.96. The molecule has 0 heterocycles. The Hall–Kier alpha value is -2.54. The molecule has 1 atom stereocenters. The first-order chi connectivity index (χ1) is 11.5. The summed E-state index contributed by atoms with van der Waals surface area (Å²) in [5, 5.41) is 0. The van der Waals surface area contributed by atoms with Crippen LogP contribution in [0.1, 0.15) is 17.3 Å². The Bertz CT molecular complexity index is 722. The molecule has 1 unspecified atom stereocenters. The minimum Gasteiger partial charge on any atom is -0.496 e. The maximum Gasteiger partial charge on any atom is 0.279 e. The predicted molar refractivity (Wildman–Crippen MR) is 92.8 cm³/mol. The number of carbonyl (C=O) groups is 2. The van der Waals surface area contributed by atoms with Crippen LogP contribution < -0.4 is 20.3 Å². The molecule has 0 saturated heterocycles. The van der Waals surface area contributed by atoms with Gasteiger partial charge in [-0.15, -0.1) is 0 Å². The Balaban J connectivity index is 1.88. The summed E-state index contributed by atoms with van der Waals surface area (Å²) in [4.78, 5) is 24.0. The van der Waals surface area contributed by atoms with Gasteiger partial charge in [0, 0.05) is 5.56 Å². The van der Waals surface area contributed by atoms with Crippen molar-refractivity contribution in [2.45, 2.75) is 13.0 Å². The maximum absolute atomic E-state index is 12.1. The highest BCUT2D eigenvalue weighted by Gasteiger charge is 2.16.